The van der Waals surface area contributed by atoms with Crippen LogP contribution in [0.15, 0.2) is 23.1 Å². The maximum atomic E-state index is 13.1. The smallest absolute Gasteiger partial charge is 0.160 e. The molecule has 0 aliphatic heterocycles. The Balaban J connectivity index is 2.21. The fourth-order valence-corrected chi connectivity index (χ4v) is 4.08. The molecule has 2 N–H and O–H groups in total. The SMILES string of the molecule is NCC1CCCC1S(=O)c1ccc(F)c(F)c1. The van der Waals surface area contributed by atoms with Crippen molar-refractivity contribution in [3.05, 3.63) is 29.8 Å². The zero-order chi connectivity index (χ0) is 12.4. The molecule has 17 heavy (non-hydrogen) atoms. The van der Waals surface area contributed by atoms with Crippen LogP contribution in [-0.2, 0) is 10.8 Å². The van der Waals surface area contributed by atoms with Gasteiger partial charge in [-0.3, -0.25) is 4.21 Å². The minimum absolute atomic E-state index is 0.0233. The van der Waals surface area contributed by atoms with Crippen molar-refractivity contribution in [2.45, 2.75) is 29.4 Å². The number of hydrogen-bond acceptors (Lipinski definition) is 2. The fourth-order valence-electron chi connectivity index (χ4n) is 2.33. The molecule has 1 fully saturated rings. The highest BCUT2D eigenvalue weighted by Crippen LogP contribution is 2.32. The number of hydrogen-bond donors (Lipinski definition) is 1. The van der Waals surface area contributed by atoms with E-state index in [0.29, 0.717) is 11.4 Å². The minimum atomic E-state index is -1.29. The molecule has 3 atom stereocenters. The third-order valence-corrected chi connectivity index (χ3v) is 5.18. The van der Waals surface area contributed by atoms with Crippen LogP contribution in [0.5, 0.6) is 0 Å². The second-order valence-corrected chi connectivity index (χ2v) is 6.01. The molecule has 0 radical (unpaired) electrons. The summed E-state index contributed by atoms with van der Waals surface area (Å²) in [6, 6.07) is 3.44. The van der Waals surface area contributed by atoms with E-state index in [1.165, 1.54) is 6.07 Å². The summed E-state index contributed by atoms with van der Waals surface area (Å²) in [5.41, 5.74) is 5.63. The van der Waals surface area contributed by atoms with Crippen LogP contribution in [0.4, 0.5) is 8.78 Å². The monoisotopic (exact) mass is 259 g/mol. The lowest BCUT2D eigenvalue weighted by molar-refractivity contribution is 0.505. The Bertz CT molecular complexity index is 439. The molecule has 94 valence electrons. The highest BCUT2D eigenvalue weighted by molar-refractivity contribution is 7.85. The quantitative estimate of drug-likeness (QED) is 0.904. The van der Waals surface area contributed by atoms with E-state index in [1.54, 1.807) is 0 Å². The van der Waals surface area contributed by atoms with Crippen molar-refractivity contribution in [3.8, 4) is 0 Å². The summed E-state index contributed by atoms with van der Waals surface area (Å²) in [5.74, 6) is -1.63. The van der Waals surface area contributed by atoms with E-state index in [9.17, 15) is 13.0 Å². The van der Waals surface area contributed by atoms with Crippen LogP contribution in [-0.4, -0.2) is 16.0 Å². The molecule has 5 heteroatoms. The lowest BCUT2D eigenvalue weighted by atomic mass is 10.1. The third kappa shape index (κ3) is 2.55. The largest absolute Gasteiger partial charge is 0.330 e. The van der Waals surface area contributed by atoms with E-state index in [1.807, 2.05) is 0 Å². The molecule has 2 nitrogen and oxygen atoms in total. The Hall–Kier alpha value is -0.810. The van der Waals surface area contributed by atoms with Gasteiger partial charge in [-0.15, -0.1) is 0 Å². The zero-order valence-electron chi connectivity index (χ0n) is 9.36. The summed E-state index contributed by atoms with van der Waals surface area (Å²) >= 11 is 0. The van der Waals surface area contributed by atoms with E-state index in [2.05, 4.69) is 0 Å². The van der Waals surface area contributed by atoms with E-state index >= 15 is 0 Å². The maximum Gasteiger partial charge on any atom is 0.160 e. The molecule has 2 rings (SSSR count). The first-order valence-corrected chi connectivity index (χ1v) is 6.90. The summed E-state index contributed by atoms with van der Waals surface area (Å²) in [6.45, 7) is 0.500. The Morgan fingerprint density at radius 3 is 2.71 bits per heavy atom. The molecule has 1 aromatic carbocycles. The van der Waals surface area contributed by atoms with Crippen molar-refractivity contribution < 1.29 is 13.0 Å². The second-order valence-electron chi connectivity index (χ2n) is 4.34. The summed E-state index contributed by atoms with van der Waals surface area (Å²) in [7, 11) is -1.29. The number of benzene rings is 1. The summed E-state index contributed by atoms with van der Waals surface area (Å²) in [5, 5.41) is -0.0233. The van der Waals surface area contributed by atoms with E-state index in [4.69, 9.17) is 5.73 Å². The Morgan fingerprint density at radius 1 is 1.29 bits per heavy atom. The van der Waals surface area contributed by atoms with Crippen LogP contribution in [0, 0.1) is 17.6 Å². The Kier molecular flexibility index (Phi) is 3.89. The van der Waals surface area contributed by atoms with Crippen LogP contribution in [0.2, 0.25) is 0 Å². The standard InChI is InChI=1S/C12H15F2NOS/c13-10-5-4-9(6-11(10)14)17(16)12-3-1-2-8(12)7-15/h4-6,8,12H,1-3,7,15H2. The predicted octanol–water partition coefficient (Wildman–Crippen LogP) is 2.20. The van der Waals surface area contributed by atoms with Gasteiger partial charge in [0.05, 0.1) is 10.8 Å². The molecule has 0 amide bonds. The van der Waals surface area contributed by atoms with E-state index < -0.39 is 22.4 Å². The maximum absolute atomic E-state index is 13.1. The summed E-state index contributed by atoms with van der Waals surface area (Å²) < 4.78 is 38.1. The highest BCUT2D eigenvalue weighted by atomic mass is 32.2. The second kappa shape index (κ2) is 5.23. The molecule has 0 aromatic heterocycles. The van der Waals surface area contributed by atoms with Crippen molar-refractivity contribution in [2.75, 3.05) is 6.54 Å². The molecular formula is C12H15F2NOS. The number of nitrogens with two attached hydrogens (primary N) is 1. The van der Waals surface area contributed by atoms with Crippen LogP contribution < -0.4 is 5.73 Å². The molecule has 1 saturated carbocycles. The predicted molar refractivity (Wildman–Crippen MR) is 62.9 cm³/mol. The lowest BCUT2D eigenvalue weighted by Crippen LogP contribution is -2.26. The van der Waals surface area contributed by atoms with Gasteiger partial charge in [0.1, 0.15) is 0 Å². The average Bonchev–Trinajstić information content (AvgIpc) is 2.80. The summed E-state index contributed by atoms with van der Waals surface area (Å²) in [4.78, 5) is 0.356. The molecule has 1 aliphatic rings. The number of halogens is 2. The van der Waals surface area contributed by atoms with Gasteiger partial charge in [-0.2, -0.15) is 0 Å². The van der Waals surface area contributed by atoms with Gasteiger partial charge in [0.25, 0.3) is 0 Å². The van der Waals surface area contributed by atoms with Gasteiger partial charge in [-0.25, -0.2) is 8.78 Å². The van der Waals surface area contributed by atoms with Crippen LogP contribution >= 0.6 is 0 Å². The van der Waals surface area contributed by atoms with Gasteiger partial charge in [-0.05, 0) is 43.5 Å². The molecular weight excluding hydrogens is 244 g/mol. The van der Waals surface area contributed by atoms with Crippen molar-refractivity contribution in [3.63, 3.8) is 0 Å². The van der Waals surface area contributed by atoms with Gasteiger partial charge >= 0.3 is 0 Å². The molecule has 1 aliphatic carbocycles. The third-order valence-electron chi connectivity index (χ3n) is 3.29. The lowest BCUT2D eigenvalue weighted by Gasteiger charge is -2.17. The van der Waals surface area contributed by atoms with E-state index in [0.717, 1.165) is 31.4 Å². The van der Waals surface area contributed by atoms with Crippen molar-refractivity contribution in [2.24, 2.45) is 11.7 Å². The van der Waals surface area contributed by atoms with E-state index in [-0.39, 0.29) is 11.2 Å². The van der Waals surface area contributed by atoms with Crippen LogP contribution in [0.25, 0.3) is 0 Å². The fraction of sp³-hybridized carbons (Fsp3) is 0.500. The van der Waals surface area contributed by atoms with Crippen LogP contribution in [0.1, 0.15) is 19.3 Å². The zero-order valence-corrected chi connectivity index (χ0v) is 10.2. The first-order chi connectivity index (χ1) is 8.13. The molecule has 0 saturated heterocycles. The van der Waals surface area contributed by atoms with Crippen molar-refractivity contribution in [1.29, 1.82) is 0 Å². The first-order valence-electron chi connectivity index (χ1n) is 5.69. The van der Waals surface area contributed by atoms with Gasteiger partial charge < -0.3 is 5.73 Å². The van der Waals surface area contributed by atoms with Gasteiger partial charge in [-0.1, -0.05) is 6.42 Å². The van der Waals surface area contributed by atoms with Gasteiger partial charge in [0, 0.05) is 10.1 Å². The Labute approximate surface area is 102 Å². The normalized spacial score (nSPS) is 26.1. The van der Waals surface area contributed by atoms with Crippen molar-refractivity contribution >= 4 is 10.8 Å². The Morgan fingerprint density at radius 2 is 2.06 bits per heavy atom. The van der Waals surface area contributed by atoms with Gasteiger partial charge in [0.2, 0.25) is 0 Å². The molecule has 3 unspecified atom stereocenters. The van der Waals surface area contributed by atoms with Gasteiger partial charge in [0.15, 0.2) is 11.6 Å². The highest BCUT2D eigenvalue weighted by Gasteiger charge is 2.31. The van der Waals surface area contributed by atoms with Crippen LogP contribution in [0.3, 0.4) is 0 Å². The first kappa shape index (κ1) is 12.6. The summed E-state index contributed by atoms with van der Waals surface area (Å²) in [6.07, 6.45) is 2.81. The number of rotatable bonds is 3. The average molecular weight is 259 g/mol. The topological polar surface area (TPSA) is 43.1 Å². The minimum Gasteiger partial charge on any atom is -0.330 e. The molecule has 0 heterocycles. The molecule has 0 spiro atoms. The molecule has 1 aromatic rings. The van der Waals surface area contributed by atoms with Crippen molar-refractivity contribution in [1.82, 2.24) is 0 Å². The molecule has 0 bridgehead atoms.